The molecule has 0 radical (unpaired) electrons. The Kier molecular flexibility index (Phi) is 9.97. The third-order valence-corrected chi connectivity index (χ3v) is 6.68. The predicted octanol–water partition coefficient (Wildman–Crippen LogP) is 2.55. The molecule has 3 amide bonds. The molecule has 1 saturated heterocycles. The number of hydrogen-bond donors (Lipinski definition) is 2. The summed E-state index contributed by atoms with van der Waals surface area (Å²) in [5, 5.41) is 2.89. The Hall–Kier alpha value is -3.52. The van der Waals surface area contributed by atoms with Crippen LogP contribution in [0.1, 0.15) is 55.1 Å². The Labute approximate surface area is 219 Å². The molecule has 3 rings (SSSR count). The van der Waals surface area contributed by atoms with Crippen molar-refractivity contribution in [2.24, 2.45) is 11.7 Å². The maximum Gasteiger partial charge on any atom is 0.251 e. The zero-order valence-corrected chi connectivity index (χ0v) is 22.0. The molecule has 2 atom stereocenters. The number of nitrogens with one attached hydrogen (secondary N) is 1. The topological polar surface area (TPSA) is 113 Å². The van der Waals surface area contributed by atoms with Crippen LogP contribution in [0.4, 0.5) is 0 Å². The average molecular weight is 507 g/mol. The Bertz CT molecular complexity index is 1100. The first kappa shape index (κ1) is 28.1. The van der Waals surface area contributed by atoms with Crippen LogP contribution in [0.25, 0.3) is 0 Å². The van der Waals surface area contributed by atoms with E-state index in [4.69, 9.17) is 5.73 Å². The van der Waals surface area contributed by atoms with E-state index in [1.807, 2.05) is 50.2 Å². The normalized spacial score (nSPS) is 17.2. The van der Waals surface area contributed by atoms with Gasteiger partial charge in [-0.15, -0.1) is 0 Å². The molecular formula is C29H38N4O4. The third kappa shape index (κ3) is 7.73. The van der Waals surface area contributed by atoms with Crippen LogP contribution >= 0.6 is 0 Å². The van der Waals surface area contributed by atoms with Gasteiger partial charge in [0.15, 0.2) is 5.78 Å². The fraction of sp³-hybridized carbons (Fsp3) is 0.448. The molecule has 1 unspecified atom stereocenters. The quantitative estimate of drug-likeness (QED) is 0.571. The van der Waals surface area contributed by atoms with E-state index in [0.717, 1.165) is 11.1 Å². The Balaban J connectivity index is 1.70. The molecule has 8 heteroatoms. The van der Waals surface area contributed by atoms with E-state index in [-0.39, 0.29) is 42.4 Å². The van der Waals surface area contributed by atoms with Crippen molar-refractivity contribution in [2.75, 3.05) is 19.6 Å². The standard InChI is InChI=1S/C29H38N4O4/c1-20(2)15-25(31-28(36)24-12-7-11-23(16-24)18-30)29(37)33-14-8-13-32(19-26(34)21(33)3)27(35)17-22-9-5-4-6-10-22/h4-7,9-12,16,20-21,25H,8,13-15,17-19,30H2,1-3H3,(H,31,36)/t21?,25-/m0/s1. The number of benzene rings is 2. The lowest BCUT2D eigenvalue weighted by atomic mass is 9.99. The van der Waals surface area contributed by atoms with Crippen LogP contribution in [0.15, 0.2) is 54.6 Å². The van der Waals surface area contributed by atoms with E-state index in [2.05, 4.69) is 5.32 Å². The van der Waals surface area contributed by atoms with E-state index in [0.29, 0.717) is 38.0 Å². The van der Waals surface area contributed by atoms with E-state index >= 15 is 0 Å². The molecule has 3 N–H and O–H groups in total. The molecule has 37 heavy (non-hydrogen) atoms. The third-order valence-electron chi connectivity index (χ3n) is 6.68. The minimum Gasteiger partial charge on any atom is -0.340 e. The van der Waals surface area contributed by atoms with Gasteiger partial charge in [0.2, 0.25) is 11.8 Å². The number of nitrogens with two attached hydrogens (primary N) is 1. The molecule has 1 aliphatic heterocycles. The maximum absolute atomic E-state index is 13.7. The summed E-state index contributed by atoms with van der Waals surface area (Å²) in [7, 11) is 0. The lowest BCUT2D eigenvalue weighted by molar-refractivity contribution is -0.144. The fourth-order valence-corrected chi connectivity index (χ4v) is 4.57. The first-order chi connectivity index (χ1) is 17.7. The number of ketones is 1. The summed E-state index contributed by atoms with van der Waals surface area (Å²) in [5.41, 5.74) is 7.87. The summed E-state index contributed by atoms with van der Waals surface area (Å²) in [4.78, 5) is 55.8. The van der Waals surface area contributed by atoms with Crippen molar-refractivity contribution in [3.63, 3.8) is 0 Å². The molecule has 0 saturated carbocycles. The second-order valence-corrected chi connectivity index (χ2v) is 10.1. The number of hydrogen-bond acceptors (Lipinski definition) is 5. The van der Waals surface area contributed by atoms with E-state index in [9.17, 15) is 19.2 Å². The summed E-state index contributed by atoms with van der Waals surface area (Å²) in [6.07, 6.45) is 1.23. The van der Waals surface area contributed by atoms with E-state index in [1.54, 1.807) is 34.9 Å². The summed E-state index contributed by atoms with van der Waals surface area (Å²) in [6.45, 7) is 6.66. The van der Waals surface area contributed by atoms with Gasteiger partial charge in [0.1, 0.15) is 6.04 Å². The highest BCUT2D eigenvalue weighted by molar-refractivity contribution is 5.99. The first-order valence-corrected chi connectivity index (χ1v) is 12.9. The van der Waals surface area contributed by atoms with Crippen molar-refractivity contribution in [3.05, 3.63) is 71.3 Å². The second kappa shape index (κ2) is 13.1. The van der Waals surface area contributed by atoms with Crippen molar-refractivity contribution in [1.29, 1.82) is 0 Å². The van der Waals surface area contributed by atoms with Gasteiger partial charge < -0.3 is 20.9 Å². The molecule has 1 fully saturated rings. The van der Waals surface area contributed by atoms with Gasteiger partial charge in [0, 0.05) is 25.2 Å². The van der Waals surface area contributed by atoms with Crippen LogP contribution in [0.5, 0.6) is 0 Å². The Morgan fingerprint density at radius 2 is 1.73 bits per heavy atom. The van der Waals surface area contributed by atoms with Gasteiger partial charge in [-0.05, 0) is 48.9 Å². The summed E-state index contributed by atoms with van der Waals surface area (Å²) in [6, 6.07) is 15.0. The molecular weight excluding hydrogens is 468 g/mol. The SMILES string of the molecule is CC(C)C[C@H](NC(=O)c1cccc(CN)c1)C(=O)N1CCCN(C(=O)Cc2ccccc2)CC(=O)C1C. The van der Waals surface area contributed by atoms with Gasteiger partial charge in [-0.25, -0.2) is 0 Å². The number of nitrogens with zero attached hydrogens (tertiary/aromatic N) is 2. The largest absolute Gasteiger partial charge is 0.340 e. The summed E-state index contributed by atoms with van der Waals surface area (Å²) < 4.78 is 0. The highest BCUT2D eigenvalue weighted by atomic mass is 16.2. The number of Topliss-reactive ketones (excluding diaryl/α,β-unsaturated/α-hetero) is 1. The zero-order chi connectivity index (χ0) is 26.9. The molecule has 198 valence electrons. The van der Waals surface area contributed by atoms with Crippen LogP contribution in [-0.4, -0.2) is 65.0 Å². The molecule has 8 nitrogen and oxygen atoms in total. The molecule has 1 heterocycles. The Morgan fingerprint density at radius 3 is 2.41 bits per heavy atom. The van der Waals surface area contributed by atoms with Crippen molar-refractivity contribution in [3.8, 4) is 0 Å². The van der Waals surface area contributed by atoms with Crippen molar-refractivity contribution >= 4 is 23.5 Å². The summed E-state index contributed by atoms with van der Waals surface area (Å²) in [5.74, 6) is -0.771. The lowest BCUT2D eigenvalue weighted by Crippen LogP contribution is -2.56. The molecule has 2 aromatic carbocycles. The van der Waals surface area contributed by atoms with E-state index in [1.165, 1.54) is 0 Å². The van der Waals surface area contributed by atoms with Gasteiger partial charge in [0.05, 0.1) is 19.0 Å². The van der Waals surface area contributed by atoms with E-state index < -0.39 is 12.1 Å². The van der Waals surface area contributed by atoms with Gasteiger partial charge in [-0.2, -0.15) is 0 Å². The zero-order valence-electron chi connectivity index (χ0n) is 22.0. The fourth-order valence-electron chi connectivity index (χ4n) is 4.57. The smallest absolute Gasteiger partial charge is 0.251 e. The molecule has 0 spiro atoms. The van der Waals surface area contributed by atoms with Crippen LogP contribution in [0, 0.1) is 5.92 Å². The number of carbonyl (C=O) groups excluding carboxylic acids is 4. The van der Waals surface area contributed by atoms with Crippen LogP contribution in [-0.2, 0) is 27.3 Å². The van der Waals surface area contributed by atoms with Crippen LogP contribution < -0.4 is 11.1 Å². The second-order valence-electron chi connectivity index (χ2n) is 10.1. The molecule has 2 aromatic rings. The van der Waals surface area contributed by atoms with Crippen LogP contribution in [0.2, 0.25) is 0 Å². The number of carbonyl (C=O) groups is 4. The van der Waals surface area contributed by atoms with Gasteiger partial charge in [-0.3, -0.25) is 19.2 Å². The van der Waals surface area contributed by atoms with Crippen molar-refractivity contribution < 1.29 is 19.2 Å². The van der Waals surface area contributed by atoms with Crippen molar-refractivity contribution in [1.82, 2.24) is 15.1 Å². The monoisotopic (exact) mass is 506 g/mol. The average Bonchev–Trinajstić information content (AvgIpc) is 2.88. The minimum atomic E-state index is -0.764. The van der Waals surface area contributed by atoms with Crippen LogP contribution in [0.3, 0.4) is 0 Å². The molecule has 0 aliphatic carbocycles. The molecule has 0 aromatic heterocycles. The van der Waals surface area contributed by atoms with Gasteiger partial charge in [-0.1, -0.05) is 56.3 Å². The first-order valence-electron chi connectivity index (χ1n) is 12.9. The van der Waals surface area contributed by atoms with Gasteiger partial charge in [0.25, 0.3) is 5.91 Å². The molecule has 0 bridgehead atoms. The van der Waals surface area contributed by atoms with Gasteiger partial charge >= 0.3 is 0 Å². The minimum absolute atomic E-state index is 0.0380. The number of rotatable bonds is 8. The Morgan fingerprint density at radius 1 is 1.03 bits per heavy atom. The highest BCUT2D eigenvalue weighted by Crippen LogP contribution is 2.16. The number of amides is 3. The maximum atomic E-state index is 13.7. The summed E-state index contributed by atoms with van der Waals surface area (Å²) >= 11 is 0. The predicted molar refractivity (Wildman–Crippen MR) is 143 cm³/mol. The molecule has 1 aliphatic rings. The van der Waals surface area contributed by atoms with Crippen molar-refractivity contribution in [2.45, 2.75) is 58.7 Å². The lowest BCUT2D eigenvalue weighted by Gasteiger charge is -2.36. The highest BCUT2D eigenvalue weighted by Gasteiger charge is 2.34.